The van der Waals surface area contributed by atoms with E-state index in [0.29, 0.717) is 25.2 Å². The molecule has 0 unspecified atom stereocenters. The molecular weight excluding hydrogens is 316 g/mol. The molecule has 0 fully saturated rings. The minimum atomic E-state index is -0.579. The monoisotopic (exact) mass is 348 g/mol. The maximum atomic E-state index is 12.6. The van der Waals surface area contributed by atoms with Crippen LogP contribution in [-0.2, 0) is 20.7 Å². The molecule has 2 atom stereocenters. The van der Waals surface area contributed by atoms with Crippen LogP contribution in [0.25, 0.3) is 0 Å². The molecule has 5 heteroatoms. The van der Waals surface area contributed by atoms with Gasteiger partial charge >= 0.3 is 5.97 Å². The first-order valence-corrected chi connectivity index (χ1v) is 8.90. The quantitative estimate of drug-likeness (QED) is 0.672. The number of benzene rings is 1. The second kappa shape index (κ2) is 9.56. The molecule has 1 amide bonds. The zero-order valence-corrected chi connectivity index (χ0v) is 16.0. The lowest BCUT2D eigenvalue weighted by atomic mass is 10.00. The van der Waals surface area contributed by atoms with Gasteiger partial charge in [-0.05, 0) is 51.5 Å². The van der Waals surface area contributed by atoms with Gasteiger partial charge in [0, 0.05) is 0 Å². The van der Waals surface area contributed by atoms with E-state index in [9.17, 15) is 9.59 Å². The molecule has 0 aliphatic carbocycles. The Morgan fingerprint density at radius 3 is 2.20 bits per heavy atom. The van der Waals surface area contributed by atoms with Crippen LogP contribution in [0.3, 0.4) is 0 Å². The van der Waals surface area contributed by atoms with Crippen LogP contribution in [0.4, 0.5) is 0 Å². The fourth-order valence-electron chi connectivity index (χ4n) is 2.58. The Labute approximate surface area is 151 Å². The number of primary amides is 1. The molecule has 0 aliphatic rings. The van der Waals surface area contributed by atoms with Crippen molar-refractivity contribution < 1.29 is 14.3 Å². The largest absolute Gasteiger partial charge is 0.459 e. The van der Waals surface area contributed by atoms with Crippen LogP contribution in [0, 0.1) is 5.92 Å². The number of nitrogens with one attached hydrogen (secondary N) is 1. The highest BCUT2D eigenvalue weighted by Gasteiger charge is 2.29. The topological polar surface area (TPSA) is 81.4 Å². The summed E-state index contributed by atoms with van der Waals surface area (Å²) in [6.07, 6.45) is 1.84. The van der Waals surface area contributed by atoms with Crippen LogP contribution in [-0.4, -0.2) is 29.6 Å². The van der Waals surface area contributed by atoms with Crippen LogP contribution in [0.2, 0.25) is 0 Å². The van der Waals surface area contributed by atoms with Crippen molar-refractivity contribution in [3.63, 3.8) is 0 Å². The summed E-state index contributed by atoms with van der Waals surface area (Å²) >= 11 is 0. The minimum Gasteiger partial charge on any atom is -0.459 e. The molecular formula is C20H32N2O3. The van der Waals surface area contributed by atoms with E-state index in [-0.39, 0.29) is 5.97 Å². The van der Waals surface area contributed by atoms with Crippen LogP contribution >= 0.6 is 0 Å². The number of hydrogen-bond donors (Lipinski definition) is 2. The first-order chi connectivity index (χ1) is 11.6. The van der Waals surface area contributed by atoms with E-state index in [4.69, 9.17) is 10.5 Å². The van der Waals surface area contributed by atoms with Crippen LogP contribution in [0.5, 0.6) is 0 Å². The van der Waals surface area contributed by atoms with Gasteiger partial charge in [0.2, 0.25) is 5.91 Å². The number of rotatable bonds is 9. The van der Waals surface area contributed by atoms with Gasteiger partial charge in [-0.2, -0.15) is 0 Å². The molecule has 3 N–H and O–H groups in total. The first-order valence-electron chi connectivity index (χ1n) is 8.90. The van der Waals surface area contributed by atoms with Crippen molar-refractivity contribution in [1.82, 2.24) is 5.32 Å². The molecule has 5 nitrogen and oxygen atoms in total. The van der Waals surface area contributed by atoms with Gasteiger partial charge in [0.15, 0.2) is 0 Å². The molecule has 0 heterocycles. The fourth-order valence-corrected chi connectivity index (χ4v) is 2.58. The summed E-state index contributed by atoms with van der Waals surface area (Å²) in [6.45, 7) is 9.53. The predicted molar refractivity (Wildman–Crippen MR) is 100.0 cm³/mol. The summed E-state index contributed by atoms with van der Waals surface area (Å²) < 4.78 is 5.52. The highest BCUT2D eigenvalue weighted by molar-refractivity contribution is 5.82. The standard InChI is InChI=1S/C20H32N2O3/c1-14(2)13-17(18(21)23)22-16(19(24)25-20(3,4)5)12-11-15-9-7-6-8-10-15/h6-10,14,16-17,22H,11-13H2,1-5H3,(H2,21,23)/t16-,17-/m0/s1. The van der Waals surface area contributed by atoms with Gasteiger partial charge in [-0.3, -0.25) is 14.9 Å². The Kier molecular flexibility index (Phi) is 8.10. The zero-order valence-electron chi connectivity index (χ0n) is 16.0. The van der Waals surface area contributed by atoms with Crippen molar-refractivity contribution in [1.29, 1.82) is 0 Å². The van der Waals surface area contributed by atoms with Gasteiger partial charge in [-0.15, -0.1) is 0 Å². The minimum absolute atomic E-state index is 0.290. The van der Waals surface area contributed by atoms with Gasteiger partial charge in [0.05, 0.1) is 6.04 Å². The predicted octanol–water partition coefficient (Wildman–Crippen LogP) is 2.82. The van der Waals surface area contributed by atoms with E-state index in [1.54, 1.807) is 0 Å². The summed E-state index contributed by atoms with van der Waals surface area (Å²) in [7, 11) is 0. The number of carbonyl (C=O) groups excluding carboxylic acids is 2. The van der Waals surface area contributed by atoms with E-state index >= 15 is 0 Å². The number of ether oxygens (including phenoxy) is 1. The zero-order chi connectivity index (χ0) is 19.0. The third-order valence-corrected chi connectivity index (χ3v) is 3.71. The number of aryl methyl sites for hydroxylation is 1. The SMILES string of the molecule is CC(C)C[C@H](N[C@@H](CCc1ccccc1)C(=O)OC(C)(C)C)C(N)=O. The molecule has 0 aliphatic heterocycles. The summed E-state index contributed by atoms with van der Waals surface area (Å²) in [5.74, 6) is -0.501. The summed E-state index contributed by atoms with van der Waals surface area (Å²) in [5.41, 5.74) is 6.07. The molecule has 1 rings (SSSR count). The van der Waals surface area contributed by atoms with Crippen LogP contribution in [0.15, 0.2) is 30.3 Å². The Morgan fingerprint density at radius 2 is 1.72 bits per heavy atom. The Morgan fingerprint density at radius 1 is 1.12 bits per heavy atom. The number of amides is 1. The molecule has 0 saturated heterocycles. The van der Waals surface area contributed by atoms with Crippen molar-refractivity contribution in [2.24, 2.45) is 11.7 Å². The molecule has 0 radical (unpaired) electrons. The Hall–Kier alpha value is -1.88. The lowest BCUT2D eigenvalue weighted by molar-refractivity contribution is -0.158. The molecule has 1 aromatic carbocycles. The highest BCUT2D eigenvalue weighted by Crippen LogP contribution is 2.14. The Bertz CT molecular complexity index is 550. The van der Waals surface area contributed by atoms with E-state index in [2.05, 4.69) is 5.32 Å². The van der Waals surface area contributed by atoms with Crippen LogP contribution in [0.1, 0.15) is 53.0 Å². The number of hydrogen-bond acceptors (Lipinski definition) is 4. The third-order valence-electron chi connectivity index (χ3n) is 3.71. The van der Waals surface area contributed by atoms with Crippen LogP contribution < -0.4 is 11.1 Å². The Balaban J connectivity index is 2.85. The van der Waals surface area contributed by atoms with Crippen molar-refractivity contribution in [2.45, 2.75) is 71.6 Å². The second-order valence-electron chi connectivity index (χ2n) is 7.86. The fraction of sp³-hybridized carbons (Fsp3) is 0.600. The smallest absolute Gasteiger partial charge is 0.323 e. The summed E-state index contributed by atoms with van der Waals surface area (Å²) in [5, 5.41) is 3.13. The molecule has 0 spiro atoms. The number of carbonyl (C=O) groups is 2. The summed E-state index contributed by atoms with van der Waals surface area (Å²) in [6, 6.07) is 8.81. The third kappa shape index (κ3) is 8.68. The maximum Gasteiger partial charge on any atom is 0.323 e. The van der Waals surface area contributed by atoms with E-state index in [1.165, 1.54) is 0 Å². The first kappa shape index (κ1) is 21.2. The highest BCUT2D eigenvalue weighted by atomic mass is 16.6. The number of nitrogens with two attached hydrogens (primary N) is 1. The maximum absolute atomic E-state index is 12.6. The molecule has 0 saturated carbocycles. The average Bonchev–Trinajstić information content (AvgIpc) is 2.48. The number of esters is 1. The molecule has 1 aromatic rings. The van der Waals surface area contributed by atoms with Gasteiger partial charge in [0.1, 0.15) is 11.6 Å². The van der Waals surface area contributed by atoms with Crippen molar-refractivity contribution in [3.8, 4) is 0 Å². The molecule has 0 aromatic heterocycles. The van der Waals surface area contributed by atoms with E-state index in [0.717, 1.165) is 5.56 Å². The molecule has 0 bridgehead atoms. The second-order valence-corrected chi connectivity index (χ2v) is 7.86. The van der Waals surface area contributed by atoms with Crippen molar-refractivity contribution in [2.75, 3.05) is 0 Å². The van der Waals surface area contributed by atoms with E-state index < -0.39 is 23.6 Å². The van der Waals surface area contributed by atoms with Gasteiger partial charge in [-0.1, -0.05) is 44.2 Å². The van der Waals surface area contributed by atoms with Gasteiger partial charge in [0.25, 0.3) is 0 Å². The molecule has 140 valence electrons. The molecule has 25 heavy (non-hydrogen) atoms. The lowest BCUT2D eigenvalue weighted by Crippen LogP contribution is -2.51. The van der Waals surface area contributed by atoms with E-state index in [1.807, 2.05) is 65.0 Å². The van der Waals surface area contributed by atoms with Crippen molar-refractivity contribution >= 4 is 11.9 Å². The van der Waals surface area contributed by atoms with Crippen molar-refractivity contribution in [3.05, 3.63) is 35.9 Å². The van der Waals surface area contributed by atoms with Gasteiger partial charge < -0.3 is 10.5 Å². The normalized spacial score (nSPS) is 14.2. The lowest BCUT2D eigenvalue weighted by Gasteiger charge is -2.27. The average molecular weight is 348 g/mol. The van der Waals surface area contributed by atoms with Gasteiger partial charge in [-0.25, -0.2) is 0 Å². The summed E-state index contributed by atoms with van der Waals surface area (Å²) in [4.78, 5) is 24.3.